The first-order valence-electron chi connectivity index (χ1n) is 9.39. The van der Waals surface area contributed by atoms with Crippen LogP contribution in [0.3, 0.4) is 0 Å². The number of benzene rings is 2. The van der Waals surface area contributed by atoms with E-state index in [1.54, 1.807) is 0 Å². The van der Waals surface area contributed by atoms with Crippen LogP contribution in [-0.2, 0) is 16.1 Å². The van der Waals surface area contributed by atoms with Crippen molar-refractivity contribution in [2.24, 2.45) is 11.7 Å². The number of ether oxygens (including phenoxy) is 1. The van der Waals surface area contributed by atoms with E-state index in [9.17, 15) is 9.59 Å². The highest BCUT2D eigenvalue weighted by Crippen LogP contribution is 2.26. The van der Waals surface area contributed by atoms with Crippen LogP contribution in [0.4, 0.5) is 0 Å². The van der Waals surface area contributed by atoms with Gasteiger partial charge in [0.1, 0.15) is 0 Å². The predicted octanol–water partition coefficient (Wildman–Crippen LogP) is 3.27. The monoisotopic (exact) mass is 366 g/mol. The number of hydrogen-bond acceptors (Lipinski definition) is 4. The summed E-state index contributed by atoms with van der Waals surface area (Å²) in [4.78, 5) is 24.3. The summed E-state index contributed by atoms with van der Waals surface area (Å²) in [6.45, 7) is 0.515. The van der Waals surface area contributed by atoms with Crippen LogP contribution in [0.25, 0.3) is 11.1 Å². The molecule has 142 valence electrons. The fraction of sp³-hybridized carbons (Fsp3) is 0.364. The maximum absolute atomic E-state index is 12.6. The fourth-order valence-corrected chi connectivity index (χ4v) is 3.58. The molecule has 2 aromatic rings. The van der Waals surface area contributed by atoms with E-state index in [-0.39, 0.29) is 23.8 Å². The summed E-state index contributed by atoms with van der Waals surface area (Å²) in [5.41, 5.74) is 9.43. The Bertz CT molecular complexity index is 793. The van der Waals surface area contributed by atoms with Crippen LogP contribution < -0.4 is 11.1 Å². The molecule has 1 aliphatic rings. The molecule has 27 heavy (non-hydrogen) atoms. The molecule has 1 fully saturated rings. The highest BCUT2D eigenvalue weighted by Gasteiger charge is 2.27. The highest BCUT2D eigenvalue weighted by molar-refractivity contribution is 5.95. The van der Waals surface area contributed by atoms with Crippen molar-refractivity contribution in [2.75, 3.05) is 7.11 Å². The molecule has 1 amide bonds. The topological polar surface area (TPSA) is 81.4 Å². The first-order valence-corrected chi connectivity index (χ1v) is 9.39. The summed E-state index contributed by atoms with van der Waals surface area (Å²) in [5.74, 6) is -0.256. The number of nitrogens with two attached hydrogens (primary N) is 1. The molecule has 0 atom stereocenters. The molecule has 1 aliphatic carbocycles. The van der Waals surface area contributed by atoms with Crippen molar-refractivity contribution in [3.8, 4) is 11.1 Å². The molecule has 5 nitrogen and oxygen atoms in total. The van der Waals surface area contributed by atoms with Crippen molar-refractivity contribution in [2.45, 2.75) is 38.3 Å². The summed E-state index contributed by atoms with van der Waals surface area (Å²) in [6, 6.07) is 15.8. The standard InChI is InChI=1S/C22H26N2O3/c1-27-22(26)17-9-11-20(12-10-17)24-21(25)19-4-2-3-18(13-19)16-7-5-15(14-23)6-8-16/h2-8,13,17,20H,9-12,14,23H2,1H3,(H,24,25). The second-order valence-corrected chi connectivity index (χ2v) is 7.03. The van der Waals surface area contributed by atoms with Gasteiger partial charge in [0.05, 0.1) is 13.0 Å². The van der Waals surface area contributed by atoms with Crippen molar-refractivity contribution >= 4 is 11.9 Å². The minimum Gasteiger partial charge on any atom is -0.469 e. The van der Waals surface area contributed by atoms with Gasteiger partial charge in [-0.2, -0.15) is 0 Å². The molecule has 3 N–H and O–H groups in total. The Hall–Kier alpha value is -2.66. The lowest BCUT2D eigenvalue weighted by Crippen LogP contribution is -2.38. The summed E-state index contributed by atoms with van der Waals surface area (Å²) >= 11 is 0. The van der Waals surface area contributed by atoms with Gasteiger partial charge in [0.2, 0.25) is 0 Å². The van der Waals surface area contributed by atoms with E-state index in [4.69, 9.17) is 10.5 Å². The minimum absolute atomic E-state index is 0.0389. The zero-order valence-electron chi connectivity index (χ0n) is 15.6. The number of amides is 1. The summed E-state index contributed by atoms with van der Waals surface area (Å²) < 4.78 is 4.81. The van der Waals surface area contributed by atoms with Crippen molar-refractivity contribution in [3.05, 3.63) is 59.7 Å². The molecular formula is C22H26N2O3. The number of hydrogen-bond donors (Lipinski definition) is 2. The Morgan fingerprint density at radius 1 is 1.04 bits per heavy atom. The molecule has 0 bridgehead atoms. The van der Waals surface area contributed by atoms with Gasteiger partial charge in [-0.05, 0) is 54.5 Å². The SMILES string of the molecule is COC(=O)C1CCC(NC(=O)c2cccc(-c3ccc(CN)cc3)c2)CC1. The van der Waals surface area contributed by atoms with Crippen LogP contribution in [0.15, 0.2) is 48.5 Å². The van der Waals surface area contributed by atoms with E-state index >= 15 is 0 Å². The Morgan fingerprint density at radius 3 is 2.37 bits per heavy atom. The highest BCUT2D eigenvalue weighted by atomic mass is 16.5. The van der Waals surface area contributed by atoms with E-state index in [0.717, 1.165) is 42.4 Å². The van der Waals surface area contributed by atoms with Gasteiger partial charge < -0.3 is 15.8 Å². The van der Waals surface area contributed by atoms with Crippen LogP contribution >= 0.6 is 0 Å². The largest absolute Gasteiger partial charge is 0.469 e. The third-order valence-corrected chi connectivity index (χ3v) is 5.24. The quantitative estimate of drug-likeness (QED) is 0.796. The third-order valence-electron chi connectivity index (χ3n) is 5.24. The first-order chi connectivity index (χ1) is 13.1. The van der Waals surface area contributed by atoms with Gasteiger partial charge in [0, 0.05) is 18.2 Å². The molecule has 2 aromatic carbocycles. The second kappa shape index (κ2) is 8.82. The molecule has 1 saturated carbocycles. The van der Waals surface area contributed by atoms with Gasteiger partial charge in [-0.25, -0.2) is 0 Å². The van der Waals surface area contributed by atoms with Crippen LogP contribution in [0.5, 0.6) is 0 Å². The Balaban J connectivity index is 1.63. The number of rotatable bonds is 5. The number of carbonyl (C=O) groups is 2. The molecule has 0 spiro atoms. The zero-order valence-corrected chi connectivity index (χ0v) is 15.6. The van der Waals surface area contributed by atoms with Crippen molar-refractivity contribution in [3.63, 3.8) is 0 Å². The zero-order chi connectivity index (χ0) is 19.2. The lowest BCUT2D eigenvalue weighted by Gasteiger charge is -2.27. The number of carbonyl (C=O) groups excluding carboxylic acids is 2. The molecule has 0 aromatic heterocycles. The molecule has 3 rings (SSSR count). The van der Waals surface area contributed by atoms with E-state index in [1.165, 1.54) is 7.11 Å². The Morgan fingerprint density at radius 2 is 1.74 bits per heavy atom. The first kappa shape index (κ1) is 19.1. The number of methoxy groups -OCH3 is 1. The van der Waals surface area contributed by atoms with Crippen molar-refractivity contribution < 1.29 is 14.3 Å². The second-order valence-electron chi connectivity index (χ2n) is 7.03. The maximum atomic E-state index is 12.6. The van der Waals surface area contributed by atoms with Crippen LogP contribution in [0.1, 0.15) is 41.6 Å². The molecule has 0 aliphatic heterocycles. The lowest BCUT2D eigenvalue weighted by atomic mass is 9.86. The normalized spacial score (nSPS) is 19.3. The Labute approximate surface area is 159 Å². The molecule has 0 radical (unpaired) electrons. The van der Waals surface area contributed by atoms with Gasteiger partial charge in [0.25, 0.3) is 5.91 Å². The molecule has 0 unspecified atom stereocenters. The maximum Gasteiger partial charge on any atom is 0.308 e. The average molecular weight is 366 g/mol. The minimum atomic E-state index is -0.145. The third kappa shape index (κ3) is 4.74. The van der Waals surface area contributed by atoms with Gasteiger partial charge in [0.15, 0.2) is 0 Å². The molecule has 0 saturated heterocycles. The van der Waals surface area contributed by atoms with E-state index in [2.05, 4.69) is 5.32 Å². The van der Waals surface area contributed by atoms with Crippen molar-refractivity contribution in [1.29, 1.82) is 0 Å². The molecule has 5 heteroatoms. The van der Waals surface area contributed by atoms with Crippen LogP contribution in [-0.4, -0.2) is 25.0 Å². The summed E-state index contributed by atoms with van der Waals surface area (Å²) in [6.07, 6.45) is 3.10. The number of nitrogens with one attached hydrogen (secondary N) is 1. The summed E-state index contributed by atoms with van der Waals surface area (Å²) in [7, 11) is 1.42. The molecule has 0 heterocycles. The van der Waals surface area contributed by atoms with Crippen molar-refractivity contribution in [1.82, 2.24) is 5.32 Å². The average Bonchev–Trinajstić information content (AvgIpc) is 2.74. The Kier molecular flexibility index (Phi) is 6.24. The van der Waals surface area contributed by atoms with E-state index in [0.29, 0.717) is 12.1 Å². The van der Waals surface area contributed by atoms with Gasteiger partial charge in [-0.15, -0.1) is 0 Å². The van der Waals surface area contributed by atoms with Crippen LogP contribution in [0.2, 0.25) is 0 Å². The smallest absolute Gasteiger partial charge is 0.308 e. The number of esters is 1. The summed E-state index contributed by atoms with van der Waals surface area (Å²) in [5, 5.41) is 3.10. The van der Waals surface area contributed by atoms with E-state index in [1.807, 2.05) is 48.5 Å². The van der Waals surface area contributed by atoms with Gasteiger partial charge in [-0.1, -0.05) is 36.4 Å². The van der Waals surface area contributed by atoms with E-state index < -0.39 is 0 Å². The van der Waals surface area contributed by atoms with Crippen LogP contribution in [0, 0.1) is 5.92 Å². The van der Waals surface area contributed by atoms with Gasteiger partial charge >= 0.3 is 5.97 Å². The fourth-order valence-electron chi connectivity index (χ4n) is 3.58. The van der Waals surface area contributed by atoms with Gasteiger partial charge in [-0.3, -0.25) is 9.59 Å². The molecular weight excluding hydrogens is 340 g/mol. The lowest BCUT2D eigenvalue weighted by molar-refractivity contribution is -0.146. The predicted molar refractivity (Wildman–Crippen MR) is 105 cm³/mol.